The van der Waals surface area contributed by atoms with Crippen molar-refractivity contribution in [3.8, 4) is 0 Å². The van der Waals surface area contributed by atoms with Crippen LogP contribution in [-0.4, -0.2) is 45.9 Å². The van der Waals surface area contributed by atoms with Crippen LogP contribution in [-0.2, 0) is 17.5 Å². The third-order valence-corrected chi connectivity index (χ3v) is 4.70. The third-order valence-electron chi connectivity index (χ3n) is 4.70. The van der Waals surface area contributed by atoms with Crippen molar-refractivity contribution < 1.29 is 17.9 Å². The van der Waals surface area contributed by atoms with E-state index < -0.39 is 11.7 Å². The summed E-state index contributed by atoms with van der Waals surface area (Å²) in [7, 11) is 1.62. The van der Waals surface area contributed by atoms with Gasteiger partial charge in [-0.15, -0.1) is 0 Å². The van der Waals surface area contributed by atoms with E-state index in [0.29, 0.717) is 43.9 Å². The van der Waals surface area contributed by atoms with E-state index in [1.54, 1.807) is 19.2 Å². The molecule has 2 aliphatic rings. The van der Waals surface area contributed by atoms with E-state index in [2.05, 4.69) is 15.6 Å². The maximum atomic E-state index is 13.5. The summed E-state index contributed by atoms with van der Waals surface area (Å²) >= 11 is 0. The predicted molar refractivity (Wildman–Crippen MR) is 95.4 cm³/mol. The number of hydrogen-bond donors (Lipinski definition) is 2. The normalized spacial score (nSPS) is 18.8. The van der Waals surface area contributed by atoms with E-state index in [0.717, 1.165) is 6.54 Å². The molecule has 5 nitrogen and oxygen atoms in total. The Hall–Kier alpha value is -1.96. The minimum absolute atomic E-state index is 0.0720. The zero-order valence-corrected chi connectivity index (χ0v) is 14.9. The molecule has 0 atom stereocenters. The lowest BCUT2D eigenvalue weighted by Crippen LogP contribution is -2.38. The molecule has 1 heterocycles. The van der Waals surface area contributed by atoms with Gasteiger partial charge in [0, 0.05) is 38.9 Å². The number of rotatable bonds is 5. The summed E-state index contributed by atoms with van der Waals surface area (Å²) in [6.45, 7) is 3.16. The quantitative estimate of drug-likeness (QED) is 0.618. The van der Waals surface area contributed by atoms with Crippen molar-refractivity contribution in [3.63, 3.8) is 0 Å². The lowest BCUT2D eigenvalue weighted by molar-refractivity contribution is -0.138. The molecule has 0 spiro atoms. The topological polar surface area (TPSA) is 48.9 Å². The van der Waals surface area contributed by atoms with E-state index in [-0.39, 0.29) is 12.1 Å². The Kier molecular flexibility index (Phi) is 5.90. The molecule has 0 bridgehead atoms. The highest BCUT2D eigenvalue weighted by Crippen LogP contribution is 2.35. The Morgan fingerprint density at radius 2 is 1.96 bits per heavy atom. The molecule has 26 heavy (non-hydrogen) atoms. The molecule has 8 heteroatoms. The molecule has 0 radical (unpaired) electrons. The number of aliphatic imine (C=N–C) groups is 1. The number of morpholine rings is 1. The summed E-state index contributed by atoms with van der Waals surface area (Å²) in [6, 6.07) is 4.54. The first-order chi connectivity index (χ1) is 12.5. The van der Waals surface area contributed by atoms with Gasteiger partial charge in [-0.25, -0.2) is 0 Å². The molecular formula is C18H25F3N4O. The van der Waals surface area contributed by atoms with Gasteiger partial charge in [0.05, 0.1) is 18.8 Å². The molecule has 144 valence electrons. The molecule has 2 N–H and O–H groups in total. The minimum Gasteiger partial charge on any atom is -0.378 e. The maximum Gasteiger partial charge on any atom is 0.416 e. The van der Waals surface area contributed by atoms with E-state index in [9.17, 15) is 13.2 Å². The van der Waals surface area contributed by atoms with Crippen LogP contribution in [0.3, 0.4) is 0 Å². The van der Waals surface area contributed by atoms with Crippen molar-refractivity contribution in [1.82, 2.24) is 10.6 Å². The van der Waals surface area contributed by atoms with Crippen LogP contribution in [0.4, 0.5) is 18.9 Å². The number of nitrogens with one attached hydrogen (secondary N) is 2. The number of ether oxygens (including phenoxy) is 1. The first kappa shape index (κ1) is 18.8. The number of halogens is 3. The monoisotopic (exact) mass is 370 g/mol. The average Bonchev–Trinajstić information content (AvgIpc) is 3.46. The second kappa shape index (κ2) is 8.16. The molecule has 0 amide bonds. The zero-order valence-electron chi connectivity index (χ0n) is 14.9. The molecule has 1 aromatic rings. The molecule has 1 aliphatic heterocycles. The van der Waals surface area contributed by atoms with E-state index in [1.807, 2.05) is 4.90 Å². The molecule has 1 saturated carbocycles. The highest BCUT2D eigenvalue weighted by Gasteiger charge is 2.34. The fraction of sp³-hybridized carbons (Fsp3) is 0.611. The SMILES string of the molecule is CN=C(NCc1ccc(N2CCOCC2)cc1C(F)(F)F)NCC1CC1. The summed E-state index contributed by atoms with van der Waals surface area (Å²) < 4.78 is 45.9. The van der Waals surface area contributed by atoms with Gasteiger partial charge >= 0.3 is 6.18 Å². The lowest BCUT2D eigenvalue weighted by Gasteiger charge is -2.29. The van der Waals surface area contributed by atoms with Gasteiger partial charge in [-0.3, -0.25) is 4.99 Å². The molecular weight excluding hydrogens is 345 g/mol. The molecule has 0 unspecified atom stereocenters. The Balaban J connectivity index is 1.70. The van der Waals surface area contributed by atoms with Gasteiger partial charge in [-0.05, 0) is 36.5 Å². The molecule has 1 aliphatic carbocycles. The van der Waals surface area contributed by atoms with Crippen LogP contribution < -0.4 is 15.5 Å². The molecule has 2 fully saturated rings. The van der Waals surface area contributed by atoms with Crippen LogP contribution in [0.1, 0.15) is 24.0 Å². The van der Waals surface area contributed by atoms with Crippen molar-refractivity contribution >= 4 is 11.6 Å². The van der Waals surface area contributed by atoms with Gasteiger partial charge in [-0.2, -0.15) is 13.2 Å². The first-order valence-electron chi connectivity index (χ1n) is 8.94. The van der Waals surface area contributed by atoms with Crippen molar-refractivity contribution in [2.45, 2.75) is 25.6 Å². The summed E-state index contributed by atoms with van der Waals surface area (Å²) in [4.78, 5) is 6.00. The summed E-state index contributed by atoms with van der Waals surface area (Å²) in [5.74, 6) is 1.19. The molecule has 0 aromatic heterocycles. The van der Waals surface area contributed by atoms with Crippen LogP contribution in [0, 0.1) is 5.92 Å². The number of anilines is 1. The standard InChI is InChI=1S/C18H25F3N4O/c1-22-17(23-11-13-2-3-13)24-12-14-4-5-15(10-16(14)18(19,20)21)25-6-8-26-9-7-25/h4-5,10,13H,2-3,6-9,11-12H2,1H3,(H2,22,23,24). The summed E-state index contributed by atoms with van der Waals surface area (Å²) in [5.41, 5.74) is 0.191. The molecule has 1 aromatic carbocycles. The Morgan fingerprint density at radius 3 is 2.58 bits per heavy atom. The highest BCUT2D eigenvalue weighted by molar-refractivity contribution is 5.79. The van der Waals surface area contributed by atoms with E-state index >= 15 is 0 Å². The fourth-order valence-electron chi connectivity index (χ4n) is 2.96. The number of hydrogen-bond acceptors (Lipinski definition) is 3. The minimum atomic E-state index is -4.40. The van der Waals surface area contributed by atoms with Crippen molar-refractivity contribution in [1.29, 1.82) is 0 Å². The van der Waals surface area contributed by atoms with Crippen LogP contribution in [0.2, 0.25) is 0 Å². The summed E-state index contributed by atoms with van der Waals surface area (Å²) in [5, 5.41) is 6.14. The van der Waals surface area contributed by atoms with Crippen molar-refractivity contribution in [2.75, 3.05) is 44.8 Å². The third kappa shape index (κ3) is 5.03. The van der Waals surface area contributed by atoms with Crippen molar-refractivity contribution in [2.24, 2.45) is 10.9 Å². The number of nitrogens with zero attached hydrogens (tertiary/aromatic N) is 2. The Labute approximate surface area is 151 Å². The number of benzene rings is 1. The molecule has 1 saturated heterocycles. The van der Waals surface area contributed by atoms with Crippen LogP contribution in [0.25, 0.3) is 0 Å². The van der Waals surface area contributed by atoms with Gasteiger partial charge in [0.1, 0.15) is 0 Å². The van der Waals surface area contributed by atoms with Gasteiger partial charge in [0.25, 0.3) is 0 Å². The maximum absolute atomic E-state index is 13.5. The predicted octanol–water partition coefficient (Wildman–Crippen LogP) is 2.62. The summed E-state index contributed by atoms with van der Waals surface area (Å²) in [6.07, 6.45) is -2.00. The van der Waals surface area contributed by atoms with Gasteiger partial charge in [0.2, 0.25) is 0 Å². The number of guanidine groups is 1. The van der Waals surface area contributed by atoms with E-state index in [4.69, 9.17) is 4.74 Å². The zero-order chi connectivity index (χ0) is 18.6. The van der Waals surface area contributed by atoms with Gasteiger partial charge in [0.15, 0.2) is 5.96 Å². The average molecular weight is 370 g/mol. The van der Waals surface area contributed by atoms with Gasteiger partial charge < -0.3 is 20.3 Å². The Bertz CT molecular complexity index is 638. The highest BCUT2D eigenvalue weighted by atomic mass is 19.4. The van der Waals surface area contributed by atoms with Crippen molar-refractivity contribution in [3.05, 3.63) is 29.3 Å². The van der Waals surface area contributed by atoms with Gasteiger partial charge in [-0.1, -0.05) is 6.07 Å². The van der Waals surface area contributed by atoms with Crippen LogP contribution >= 0.6 is 0 Å². The second-order valence-electron chi connectivity index (χ2n) is 6.69. The van der Waals surface area contributed by atoms with E-state index in [1.165, 1.54) is 18.9 Å². The fourth-order valence-corrected chi connectivity index (χ4v) is 2.96. The second-order valence-corrected chi connectivity index (χ2v) is 6.69. The smallest absolute Gasteiger partial charge is 0.378 e. The lowest BCUT2D eigenvalue weighted by atomic mass is 10.0. The first-order valence-corrected chi connectivity index (χ1v) is 8.94. The molecule has 3 rings (SSSR count). The Morgan fingerprint density at radius 1 is 1.23 bits per heavy atom. The number of alkyl halides is 3. The largest absolute Gasteiger partial charge is 0.416 e. The van der Waals surface area contributed by atoms with Crippen LogP contribution in [0.15, 0.2) is 23.2 Å². The van der Waals surface area contributed by atoms with Crippen LogP contribution in [0.5, 0.6) is 0 Å².